The second kappa shape index (κ2) is 6.63. The molecule has 1 aliphatic heterocycles. The Morgan fingerprint density at radius 2 is 1.71 bits per heavy atom. The van der Waals surface area contributed by atoms with Crippen molar-refractivity contribution in [2.75, 3.05) is 32.7 Å². The molecule has 0 radical (unpaired) electrons. The fraction of sp³-hybridized carbons (Fsp3) is 0.938. The Kier molecular flexibility index (Phi) is 5.28. The molecule has 0 spiro atoms. The van der Waals surface area contributed by atoms with Crippen molar-refractivity contribution in [2.45, 2.75) is 63.5 Å². The van der Waals surface area contributed by atoms with Gasteiger partial charge in [0, 0.05) is 44.7 Å². The minimum absolute atomic E-state index is 0.210. The van der Waals surface area contributed by atoms with Crippen molar-refractivity contribution in [2.24, 2.45) is 5.73 Å². The van der Waals surface area contributed by atoms with E-state index in [4.69, 9.17) is 5.73 Å². The molecule has 1 saturated carbocycles. The largest absolute Gasteiger partial charge is 0.389 e. The minimum Gasteiger partial charge on any atom is -0.389 e. The summed E-state index contributed by atoms with van der Waals surface area (Å²) >= 11 is 0. The summed E-state index contributed by atoms with van der Waals surface area (Å²) in [5.41, 5.74) is 5.45. The van der Waals surface area contributed by atoms with Crippen molar-refractivity contribution in [3.05, 3.63) is 0 Å². The average Bonchev–Trinajstić information content (AvgIpc) is 2.38. The third kappa shape index (κ3) is 5.24. The van der Waals surface area contributed by atoms with Gasteiger partial charge in [-0.2, -0.15) is 0 Å². The van der Waals surface area contributed by atoms with Crippen LogP contribution in [0.4, 0.5) is 0 Å². The number of β-amino-alcohol motifs (C(OH)–C–C–N with tert-alkyl or cyclic N) is 1. The van der Waals surface area contributed by atoms with E-state index in [1.54, 1.807) is 0 Å². The number of piperazine rings is 1. The van der Waals surface area contributed by atoms with E-state index in [2.05, 4.69) is 4.90 Å². The fourth-order valence-corrected chi connectivity index (χ4v) is 3.55. The first-order chi connectivity index (χ1) is 9.77. The zero-order valence-corrected chi connectivity index (χ0v) is 13.6. The molecule has 0 atom stereocenters. The van der Waals surface area contributed by atoms with Gasteiger partial charge in [-0.05, 0) is 26.7 Å². The topological polar surface area (TPSA) is 69.8 Å². The highest BCUT2D eigenvalue weighted by atomic mass is 16.3. The summed E-state index contributed by atoms with van der Waals surface area (Å²) < 4.78 is 0. The number of hydrogen-bond donors (Lipinski definition) is 2. The van der Waals surface area contributed by atoms with Gasteiger partial charge >= 0.3 is 0 Å². The molecule has 21 heavy (non-hydrogen) atoms. The van der Waals surface area contributed by atoms with Gasteiger partial charge in [0.1, 0.15) is 0 Å². The lowest BCUT2D eigenvalue weighted by molar-refractivity contribution is -0.134. The molecule has 5 nitrogen and oxygen atoms in total. The number of rotatable bonds is 4. The highest BCUT2D eigenvalue weighted by Gasteiger charge is 2.33. The van der Waals surface area contributed by atoms with E-state index in [1.807, 2.05) is 18.7 Å². The van der Waals surface area contributed by atoms with Gasteiger partial charge in [-0.15, -0.1) is 0 Å². The smallest absolute Gasteiger partial charge is 0.224 e. The maximum Gasteiger partial charge on any atom is 0.224 e. The second-order valence-electron chi connectivity index (χ2n) is 7.57. The first-order valence-electron chi connectivity index (χ1n) is 8.29. The van der Waals surface area contributed by atoms with Gasteiger partial charge in [-0.25, -0.2) is 0 Å². The Morgan fingerprint density at radius 3 is 2.24 bits per heavy atom. The SMILES string of the molecule is CC(C)(O)CN1CCN(C(=O)CC2(N)CCCCC2)CC1. The molecule has 0 bridgehead atoms. The number of carbonyl (C=O) groups is 1. The van der Waals surface area contributed by atoms with Crippen LogP contribution in [0.3, 0.4) is 0 Å². The summed E-state index contributed by atoms with van der Waals surface area (Å²) in [7, 11) is 0. The molecule has 5 heteroatoms. The molecular formula is C16H31N3O2. The number of nitrogens with two attached hydrogens (primary N) is 1. The summed E-state index contributed by atoms with van der Waals surface area (Å²) in [4.78, 5) is 16.6. The van der Waals surface area contributed by atoms with Gasteiger partial charge in [0.25, 0.3) is 0 Å². The van der Waals surface area contributed by atoms with Crippen molar-refractivity contribution < 1.29 is 9.90 Å². The number of aliphatic hydroxyl groups is 1. The molecule has 0 aromatic heterocycles. The van der Waals surface area contributed by atoms with Gasteiger partial charge in [-0.3, -0.25) is 9.69 Å². The van der Waals surface area contributed by atoms with Crippen LogP contribution in [-0.4, -0.2) is 64.7 Å². The Bertz CT molecular complexity index is 351. The van der Waals surface area contributed by atoms with Gasteiger partial charge < -0.3 is 15.7 Å². The van der Waals surface area contributed by atoms with Crippen LogP contribution in [0.25, 0.3) is 0 Å². The average molecular weight is 297 g/mol. The summed E-state index contributed by atoms with van der Waals surface area (Å²) in [6.07, 6.45) is 6.03. The van der Waals surface area contributed by atoms with Crippen LogP contribution in [0.15, 0.2) is 0 Å². The van der Waals surface area contributed by atoms with E-state index in [0.717, 1.165) is 51.9 Å². The molecule has 1 amide bonds. The number of hydrogen-bond acceptors (Lipinski definition) is 4. The zero-order chi connectivity index (χ0) is 15.5. The monoisotopic (exact) mass is 297 g/mol. The van der Waals surface area contributed by atoms with Gasteiger partial charge in [0.2, 0.25) is 5.91 Å². The standard InChI is InChI=1S/C16H31N3O2/c1-15(2,21)13-18-8-10-19(11-9-18)14(20)12-16(17)6-4-3-5-7-16/h21H,3-13,17H2,1-2H3. The minimum atomic E-state index is -0.671. The third-order valence-electron chi connectivity index (χ3n) is 4.69. The van der Waals surface area contributed by atoms with E-state index in [1.165, 1.54) is 6.42 Å². The van der Waals surface area contributed by atoms with E-state index in [0.29, 0.717) is 13.0 Å². The molecule has 1 heterocycles. The molecule has 0 aromatic rings. The molecule has 0 aromatic carbocycles. The predicted molar refractivity (Wildman–Crippen MR) is 83.9 cm³/mol. The van der Waals surface area contributed by atoms with E-state index in [9.17, 15) is 9.90 Å². The summed E-state index contributed by atoms with van der Waals surface area (Å²) in [5, 5.41) is 9.86. The first-order valence-corrected chi connectivity index (χ1v) is 8.29. The summed E-state index contributed by atoms with van der Waals surface area (Å²) in [6.45, 7) is 7.50. The number of amides is 1. The molecule has 122 valence electrons. The first kappa shape index (κ1) is 16.7. The van der Waals surface area contributed by atoms with Crippen LogP contribution in [0.1, 0.15) is 52.4 Å². The molecule has 1 saturated heterocycles. The van der Waals surface area contributed by atoms with E-state index in [-0.39, 0.29) is 11.4 Å². The summed E-state index contributed by atoms with van der Waals surface area (Å²) in [5.74, 6) is 0.210. The van der Waals surface area contributed by atoms with Crippen molar-refractivity contribution >= 4 is 5.91 Å². The number of carbonyl (C=O) groups excluding carboxylic acids is 1. The van der Waals surface area contributed by atoms with Crippen LogP contribution in [-0.2, 0) is 4.79 Å². The predicted octanol–water partition coefficient (Wildman–Crippen LogP) is 0.953. The molecule has 1 aliphatic carbocycles. The van der Waals surface area contributed by atoms with Crippen molar-refractivity contribution in [3.63, 3.8) is 0 Å². The maximum atomic E-state index is 12.4. The quantitative estimate of drug-likeness (QED) is 0.811. The Balaban J connectivity index is 1.77. The number of nitrogens with zero attached hydrogens (tertiary/aromatic N) is 2. The van der Waals surface area contributed by atoms with E-state index < -0.39 is 5.60 Å². The van der Waals surface area contributed by atoms with Gasteiger partial charge in [0.15, 0.2) is 0 Å². The van der Waals surface area contributed by atoms with Gasteiger partial charge in [0.05, 0.1) is 5.60 Å². The molecular weight excluding hydrogens is 266 g/mol. The van der Waals surface area contributed by atoms with Crippen LogP contribution in [0.2, 0.25) is 0 Å². The molecule has 3 N–H and O–H groups in total. The lowest BCUT2D eigenvalue weighted by atomic mass is 9.80. The zero-order valence-electron chi connectivity index (χ0n) is 13.6. The fourth-order valence-electron chi connectivity index (χ4n) is 3.55. The highest BCUT2D eigenvalue weighted by molar-refractivity contribution is 5.77. The Labute approximate surface area is 128 Å². The molecule has 2 aliphatic rings. The lowest BCUT2D eigenvalue weighted by Crippen LogP contribution is -2.54. The lowest BCUT2D eigenvalue weighted by Gasteiger charge is -2.39. The maximum absolute atomic E-state index is 12.4. The van der Waals surface area contributed by atoms with Crippen LogP contribution < -0.4 is 5.73 Å². The van der Waals surface area contributed by atoms with Crippen molar-refractivity contribution in [1.29, 1.82) is 0 Å². The highest BCUT2D eigenvalue weighted by Crippen LogP contribution is 2.29. The third-order valence-corrected chi connectivity index (χ3v) is 4.69. The van der Waals surface area contributed by atoms with Crippen LogP contribution >= 0.6 is 0 Å². The van der Waals surface area contributed by atoms with Crippen molar-refractivity contribution in [3.8, 4) is 0 Å². The molecule has 2 rings (SSSR count). The van der Waals surface area contributed by atoms with Crippen molar-refractivity contribution in [1.82, 2.24) is 9.80 Å². The second-order valence-corrected chi connectivity index (χ2v) is 7.57. The molecule has 0 unspecified atom stereocenters. The summed E-state index contributed by atoms with van der Waals surface area (Å²) in [6, 6.07) is 0. The Hall–Kier alpha value is -0.650. The Morgan fingerprint density at radius 1 is 1.14 bits per heavy atom. The normalized spacial score (nSPS) is 24.1. The van der Waals surface area contributed by atoms with Crippen LogP contribution in [0, 0.1) is 0 Å². The van der Waals surface area contributed by atoms with Gasteiger partial charge in [-0.1, -0.05) is 19.3 Å². The molecule has 2 fully saturated rings. The van der Waals surface area contributed by atoms with Crippen LogP contribution in [0.5, 0.6) is 0 Å². The van der Waals surface area contributed by atoms with E-state index >= 15 is 0 Å².